The number of quaternary nitrogens is 1. The molecule has 1 fully saturated rings. The summed E-state index contributed by atoms with van der Waals surface area (Å²) in [5.41, 5.74) is 2.04. The third-order valence-electron chi connectivity index (χ3n) is 5.41. The van der Waals surface area contributed by atoms with Gasteiger partial charge in [0, 0.05) is 11.6 Å². The molecule has 4 rings (SSSR count). The number of nitrogens with zero attached hydrogens (tertiary/aromatic N) is 1. The second-order valence-corrected chi connectivity index (χ2v) is 7.87. The standard InChI is InChI=1S/C21H21ClF2N4O/c22-16-6-2-1-5-15(16)13-25-20(29)19-17-7-3-4-10-28(17)18(26-19)14-27-11-8-21(23,24)9-12-27/h1-7,10H,8-9,11-14H2,(H,25,29)/p+2. The van der Waals surface area contributed by atoms with Crippen molar-refractivity contribution < 1.29 is 22.9 Å². The fraction of sp³-hybridized carbons (Fsp3) is 0.333. The minimum atomic E-state index is -2.56. The smallest absolute Gasteiger partial charge is 0.316 e. The number of hydrogen-bond donors (Lipinski definition) is 3. The summed E-state index contributed by atoms with van der Waals surface area (Å²) in [6.07, 6.45) is 1.68. The third kappa shape index (κ3) is 4.41. The molecule has 0 spiro atoms. The van der Waals surface area contributed by atoms with Crippen LogP contribution in [0.25, 0.3) is 5.52 Å². The summed E-state index contributed by atoms with van der Waals surface area (Å²) in [4.78, 5) is 17.1. The number of piperidine rings is 1. The number of imidazole rings is 1. The Morgan fingerprint density at radius 2 is 1.90 bits per heavy atom. The number of carbonyl (C=O) groups excluding carboxylic acids is 1. The highest BCUT2D eigenvalue weighted by Crippen LogP contribution is 2.22. The number of likely N-dealkylation sites (tertiary alicyclic amines) is 1. The molecule has 8 heteroatoms. The summed E-state index contributed by atoms with van der Waals surface area (Å²) >= 11 is 6.16. The van der Waals surface area contributed by atoms with E-state index in [-0.39, 0.29) is 18.7 Å². The number of fused-ring (bicyclic) bond motifs is 1. The van der Waals surface area contributed by atoms with Crippen molar-refractivity contribution in [2.45, 2.75) is 31.9 Å². The Morgan fingerprint density at radius 3 is 2.66 bits per heavy atom. The summed E-state index contributed by atoms with van der Waals surface area (Å²) < 4.78 is 28.8. The zero-order valence-corrected chi connectivity index (χ0v) is 16.6. The number of alkyl halides is 2. The molecule has 29 heavy (non-hydrogen) atoms. The van der Waals surface area contributed by atoms with Gasteiger partial charge >= 0.3 is 5.82 Å². The number of amides is 1. The lowest BCUT2D eigenvalue weighted by molar-refractivity contribution is -0.927. The number of H-pyrrole nitrogens is 1. The van der Waals surface area contributed by atoms with Crippen LogP contribution in [0.2, 0.25) is 5.02 Å². The van der Waals surface area contributed by atoms with Crippen molar-refractivity contribution in [3.63, 3.8) is 0 Å². The van der Waals surface area contributed by atoms with E-state index in [0.717, 1.165) is 21.8 Å². The van der Waals surface area contributed by atoms with Crippen LogP contribution in [0.15, 0.2) is 48.7 Å². The van der Waals surface area contributed by atoms with Crippen LogP contribution in [0.3, 0.4) is 0 Å². The number of rotatable bonds is 5. The van der Waals surface area contributed by atoms with Gasteiger partial charge < -0.3 is 10.2 Å². The molecular formula is C21H23ClF2N4O+2. The van der Waals surface area contributed by atoms with Crippen molar-refractivity contribution in [2.24, 2.45) is 0 Å². The van der Waals surface area contributed by atoms with Crippen LogP contribution in [-0.2, 0) is 13.1 Å². The lowest BCUT2D eigenvalue weighted by Gasteiger charge is -2.27. The van der Waals surface area contributed by atoms with Crippen molar-refractivity contribution in [1.82, 2.24) is 10.3 Å². The van der Waals surface area contributed by atoms with Crippen LogP contribution in [0, 0.1) is 0 Å². The van der Waals surface area contributed by atoms with Gasteiger partial charge in [-0.2, -0.15) is 4.40 Å². The van der Waals surface area contributed by atoms with E-state index >= 15 is 0 Å². The molecule has 1 aliphatic heterocycles. The predicted molar refractivity (Wildman–Crippen MR) is 105 cm³/mol. The maximum absolute atomic E-state index is 13.4. The number of carbonyl (C=O) groups is 1. The first-order valence-corrected chi connectivity index (χ1v) is 10.0. The van der Waals surface area contributed by atoms with E-state index < -0.39 is 5.92 Å². The van der Waals surface area contributed by atoms with Gasteiger partial charge in [0.1, 0.15) is 0 Å². The Hall–Kier alpha value is -2.51. The highest BCUT2D eigenvalue weighted by molar-refractivity contribution is 6.31. The van der Waals surface area contributed by atoms with E-state index in [1.165, 1.54) is 0 Å². The molecule has 5 nitrogen and oxygen atoms in total. The van der Waals surface area contributed by atoms with E-state index in [0.29, 0.717) is 36.9 Å². The Labute approximate surface area is 172 Å². The molecule has 1 aliphatic rings. The second-order valence-electron chi connectivity index (χ2n) is 7.46. The number of hydrogen-bond acceptors (Lipinski definition) is 1. The fourth-order valence-corrected chi connectivity index (χ4v) is 3.94. The average molecular weight is 421 g/mol. The minimum absolute atomic E-state index is 0.100. The number of halogens is 3. The first-order chi connectivity index (χ1) is 13.9. The van der Waals surface area contributed by atoms with E-state index in [9.17, 15) is 13.6 Å². The number of pyridine rings is 1. The molecule has 1 aromatic carbocycles. The topological polar surface area (TPSA) is 53.4 Å². The first-order valence-electron chi connectivity index (χ1n) is 9.67. The zero-order chi connectivity index (χ0) is 20.4. The lowest BCUT2D eigenvalue weighted by Crippen LogP contribution is -3.12. The summed E-state index contributed by atoms with van der Waals surface area (Å²) in [5, 5.41) is 3.50. The van der Waals surface area contributed by atoms with Crippen LogP contribution < -0.4 is 14.6 Å². The maximum Gasteiger partial charge on any atom is 0.316 e. The molecule has 0 saturated carbocycles. The quantitative estimate of drug-likeness (QED) is 0.544. The van der Waals surface area contributed by atoms with Crippen LogP contribution in [-0.4, -0.2) is 29.9 Å². The Balaban J connectivity index is 1.52. The highest BCUT2D eigenvalue weighted by atomic mass is 35.5. The van der Waals surface area contributed by atoms with Crippen molar-refractivity contribution in [1.29, 1.82) is 0 Å². The van der Waals surface area contributed by atoms with Crippen LogP contribution >= 0.6 is 11.6 Å². The highest BCUT2D eigenvalue weighted by Gasteiger charge is 2.38. The van der Waals surface area contributed by atoms with Gasteiger partial charge in [0.15, 0.2) is 12.1 Å². The van der Waals surface area contributed by atoms with Gasteiger partial charge in [-0.15, -0.1) is 0 Å². The minimum Gasteiger partial charge on any atom is -0.345 e. The molecule has 0 radical (unpaired) electrons. The van der Waals surface area contributed by atoms with Crippen LogP contribution in [0.5, 0.6) is 0 Å². The van der Waals surface area contributed by atoms with E-state index in [2.05, 4.69) is 10.3 Å². The molecular weight excluding hydrogens is 398 g/mol. The lowest BCUT2D eigenvalue weighted by atomic mass is 10.1. The molecule has 0 atom stereocenters. The van der Waals surface area contributed by atoms with Gasteiger partial charge in [-0.05, 0) is 23.8 Å². The van der Waals surface area contributed by atoms with Gasteiger partial charge in [-0.25, -0.2) is 13.8 Å². The van der Waals surface area contributed by atoms with Gasteiger partial charge in [0.2, 0.25) is 5.69 Å². The van der Waals surface area contributed by atoms with Gasteiger partial charge in [-0.1, -0.05) is 35.9 Å². The summed E-state index contributed by atoms with van der Waals surface area (Å²) in [6.45, 7) is 1.70. The van der Waals surface area contributed by atoms with Crippen molar-refractivity contribution in [2.75, 3.05) is 13.1 Å². The normalized spacial score (nSPS) is 16.8. The molecule has 0 bridgehead atoms. The number of benzene rings is 1. The Kier molecular flexibility index (Phi) is 5.52. The molecule has 1 saturated heterocycles. The molecule has 3 aromatic rings. The van der Waals surface area contributed by atoms with E-state index in [1.807, 2.05) is 47.0 Å². The van der Waals surface area contributed by atoms with E-state index in [1.54, 1.807) is 6.07 Å². The fourth-order valence-electron chi connectivity index (χ4n) is 3.74. The second kappa shape index (κ2) is 8.08. The molecule has 0 unspecified atom stereocenters. The van der Waals surface area contributed by atoms with E-state index in [4.69, 9.17) is 11.6 Å². The monoisotopic (exact) mass is 420 g/mol. The molecule has 3 heterocycles. The van der Waals surface area contributed by atoms with Crippen molar-refractivity contribution >= 4 is 23.0 Å². The zero-order valence-electron chi connectivity index (χ0n) is 15.9. The summed E-state index contributed by atoms with van der Waals surface area (Å²) in [5.74, 6) is -1.97. The van der Waals surface area contributed by atoms with Crippen molar-refractivity contribution in [3.8, 4) is 0 Å². The number of nitrogens with one attached hydrogen (secondary N) is 3. The number of aromatic nitrogens is 2. The first kappa shape index (κ1) is 19.8. The average Bonchev–Trinajstić information content (AvgIpc) is 3.07. The van der Waals surface area contributed by atoms with Crippen LogP contribution in [0.1, 0.15) is 34.7 Å². The third-order valence-corrected chi connectivity index (χ3v) is 5.78. The molecule has 2 aromatic heterocycles. The SMILES string of the molecule is O=C(NCc1ccccc1Cl)c1[nH]c(C[NH+]2CCC(F)(F)CC2)[n+]2ccccc12. The largest absolute Gasteiger partial charge is 0.345 e. The maximum atomic E-state index is 13.4. The Morgan fingerprint density at radius 1 is 1.17 bits per heavy atom. The Bertz CT molecular complexity index is 1030. The molecule has 1 amide bonds. The molecule has 0 aliphatic carbocycles. The van der Waals surface area contributed by atoms with Gasteiger partial charge in [0.25, 0.3) is 11.8 Å². The van der Waals surface area contributed by atoms with Gasteiger partial charge in [-0.3, -0.25) is 4.79 Å². The number of aromatic amines is 1. The van der Waals surface area contributed by atoms with Crippen molar-refractivity contribution in [3.05, 3.63) is 70.8 Å². The molecule has 152 valence electrons. The summed E-state index contributed by atoms with van der Waals surface area (Å²) in [7, 11) is 0. The predicted octanol–water partition coefficient (Wildman–Crippen LogP) is 2.15. The van der Waals surface area contributed by atoms with Crippen LogP contribution in [0.4, 0.5) is 8.78 Å². The van der Waals surface area contributed by atoms with Gasteiger partial charge in [0.05, 0.1) is 32.1 Å². The molecule has 3 N–H and O–H groups in total. The summed E-state index contributed by atoms with van der Waals surface area (Å²) in [6, 6.07) is 13.0.